The van der Waals surface area contributed by atoms with Gasteiger partial charge in [-0.25, -0.2) is 4.79 Å². The van der Waals surface area contributed by atoms with Crippen LogP contribution in [-0.2, 0) is 9.59 Å². The average molecular weight is 422 g/mol. The van der Waals surface area contributed by atoms with Crippen molar-refractivity contribution < 1.29 is 14.4 Å². The second-order valence-corrected chi connectivity index (χ2v) is 8.53. The molecule has 31 heavy (non-hydrogen) atoms. The molecule has 3 fully saturated rings. The molecule has 2 aliphatic heterocycles. The molecular weight excluding hydrogens is 396 g/mol. The molecule has 2 aromatic rings. The molecular formula is C22H26N6O3. The second-order valence-electron chi connectivity index (χ2n) is 8.53. The Kier molecular flexibility index (Phi) is 4.88. The number of carbonyl (C=O) groups excluding carboxylic acids is 3. The topological polar surface area (TPSA) is 110 Å². The lowest BCUT2D eigenvalue weighted by Gasteiger charge is -2.37. The molecule has 9 heteroatoms. The van der Waals surface area contributed by atoms with Crippen molar-refractivity contribution in [3.63, 3.8) is 0 Å². The molecule has 9 nitrogen and oxygen atoms in total. The molecule has 4 amide bonds. The van der Waals surface area contributed by atoms with Crippen LogP contribution in [0.3, 0.4) is 0 Å². The van der Waals surface area contributed by atoms with Gasteiger partial charge < -0.3 is 15.1 Å². The van der Waals surface area contributed by atoms with Crippen LogP contribution in [0.15, 0.2) is 36.5 Å². The molecule has 3 aliphatic rings. The normalized spacial score (nSPS) is 23.6. The molecule has 2 saturated heterocycles. The van der Waals surface area contributed by atoms with E-state index in [-0.39, 0.29) is 24.2 Å². The Hall–Kier alpha value is -3.36. The molecule has 162 valence electrons. The van der Waals surface area contributed by atoms with Crippen LogP contribution in [0.25, 0.3) is 11.3 Å². The van der Waals surface area contributed by atoms with Crippen LogP contribution in [0.4, 0.5) is 10.5 Å². The van der Waals surface area contributed by atoms with E-state index >= 15 is 0 Å². The largest absolute Gasteiger partial charge is 0.368 e. The summed E-state index contributed by atoms with van der Waals surface area (Å²) in [5, 5.41) is 12.2. The number of nitrogens with zero attached hydrogens (tertiary/aromatic N) is 3. The van der Waals surface area contributed by atoms with Gasteiger partial charge in [0, 0.05) is 50.0 Å². The van der Waals surface area contributed by atoms with Crippen molar-refractivity contribution in [1.82, 2.24) is 25.7 Å². The minimum Gasteiger partial charge on any atom is -0.368 e. The third-order valence-electron chi connectivity index (χ3n) is 6.62. The molecule has 0 bridgehead atoms. The van der Waals surface area contributed by atoms with E-state index in [2.05, 4.69) is 37.9 Å². The van der Waals surface area contributed by atoms with Gasteiger partial charge in [0.2, 0.25) is 5.91 Å². The highest BCUT2D eigenvalue weighted by molar-refractivity contribution is 6.07. The minimum absolute atomic E-state index is 0.0406. The number of hydrogen-bond acceptors (Lipinski definition) is 5. The number of aromatic amines is 1. The summed E-state index contributed by atoms with van der Waals surface area (Å²) in [4.78, 5) is 41.0. The number of H-pyrrole nitrogens is 1. The SMILES string of the molecule is O=C1NC(=O)C(CCC(=O)N2CCN(c3cccc(-c4cc[nH]n4)c3)CC2)(C2CC2)N1. The number of anilines is 1. The molecule has 1 unspecified atom stereocenters. The van der Waals surface area contributed by atoms with Crippen molar-refractivity contribution >= 4 is 23.5 Å². The van der Waals surface area contributed by atoms with E-state index in [1.807, 2.05) is 23.1 Å². The van der Waals surface area contributed by atoms with Crippen LogP contribution in [0.1, 0.15) is 25.7 Å². The van der Waals surface area contributed by atoms with Crippen molar-refractivity contribution in [2.24, 2.45) is 5.92 Å². The number of aromatic nitrogens is 2. The fraction of sp³-hybridized carbons (Fsp3) is 0.455. The van der Waals surface area contributed by atoms with E-state index in [0.717, 1.165) is 42.9 Å². The Morgan fingerprint density at radius 1 is 1.13 bits per heavy atom. The summed E-state index contributed by atoms with van der Waals surface area (Å²) in [6.07, 6.45) is 4.26. The summed E-state index contributed by atoms with van der Waals surface area (Å²) in [5.41, 5.74) is 2.18. The van der Waals surface area contributed by atoms with E-state index in [1.165, 1.54) is 0 Å². The van der Waals surface area contributed by atoms with E-state index < -0.39 is 11.6 Å². The molecule has 1 aromatic heterocycles. The Morgan fingerprint density at radius 3 is 2.58 bits per heavy atom. The van der Waals surface area contributed by atoms with Crippen LogP contribution in [-0.4, -0.2) is 64.7 Å². The van der Waals surface area contributed by atoms with Crippen molar-refractivity contribution in [1.29, 1.82) is 0 Å². The zero-order chi connectivity index (χ0) is 21.4. The second kappa shape index (κ2) is 7.72. The van der Waals surface area contributed by atoms with Crippen LogP contribution in [0, 0.1) is 5.92 Å². The fourth-order valence-electron chi connectivity index (χ4n) is 4.71. The number of urea groups is 1. The van der Waals surface area contributed by atoms with Crippen molar-refractivity contribution in [2.45, 2.75) is 31.2 Å². The smallest absolute Gasteiger partial charge is 0.322 e. The van der Waals surface area contributed by atoms with E-state index in [9.17, 15) is 14.4 Å². The highest BCUT2D eigenvalue weighted by Crippen LogP contribution is 2.43. The lowest BCUT2D eigenvalue weighted by atomic mass is 9.87. The molecule has 3 N–H and O–H groups in total. The molecule has 3 heterocycles. The number of nitrogens with one attached hydrogen (secondary N) is 3. The maximum absolute atomic E-state index is 12.8. The minimum atomic E-state index is -0.902. The Morgan fingerprint density at radius 2 is 1.94 bits per heavy atom. The van der Waals surface area contributed by atoms with Crippen LogP contribution in [0.5, 0.6) is 0 Å². The van der Waals surface area contributed by atoms with Gasteiger partial charge in [-0.15, -0.1) is 0 Å². The Balaban J connectivity index is 1.17. The number of piperazine rings is 1. The number of carbonyl (C=O) groups is 3. The summed E-state index contributed by atoms with van der Waals surface area (Å²) >= 11 is 0. The summed E-state index contributed by atoms with van der Waals surface area (Å²) in [6, 6.07) is 9.75. The number of amides is 4. The Labute approximate surface area is 180 Å². The first-order chi connectivity index (χ1) is 15.0. The first-order valence-corrected chi connectivity index (χ1v) is 10.8. The van der Waals surface area contributed by atoms with Gasteiger partial charge >= 0.3 is 6.03 Å². The van der Waals surface area contributed by atoms with Gasteiger partial charge in [0.05, 0.1) is 5.69 Å². The third kappa shape index (κ3) is 3.75. The third-order valence-corrected chi connectivity index (χ3v) is 6.62. The van der Waals surface area contributed by atoms with Gasteiger partial charge in [-0.1, -0.05) is 12.1 Å². The van der Waals surface area contributed by atoms with Crippen LogP contribution in [0.2, 0.25) is 0 Å². The molecule has 1 saturated carbocycles. The van der Waals surface area contributed by atoms with E-state index in [4.69, 9.17) is 0 Å². The zero-order valence-electron chi connectivity index (χ0n) is 17.3. The fourth-order valence-corrected chi connectivity index (χ4v) is 4.71. The quantitative estimate of drug-likeness (QED) is 0.611. The van der Waals surface area contributed by atoms with Crippen LogP contribution >= 0.6 is 0 Å². The molecule has 1 aromatic carbocycles. The average Bonchev–Trinajstić information content (AvgIpc) is 3.41. The van der Waals surface area contributed by atoms with Gasteiger partial charge in [0.15, 0.2) is 0 Å². The summed E-state index contributed by atoms with van der Waals surface area (Å²) < 4.78 is 0. The molecule has 0 spiro atoms. The summed E-state index contributed by atoms with van der Waals surface area (Å²) in [7, 11) is 0. The number of rotatable bonds is 6. The zero-order valence-corrected chi connectivity index (χ0v) is 17.3. The maximum Gasteiger partial charge on any atom is 0.322 e. The van der Waals surface area contributed by atoms with Crippen LogP contribution < -0.4 is 15.5 Å². The van der Waals surface area contributed by atoms with Gasteiger partial charge in [0.1, 0.15) is 5.54 Å². The predicted molar refractivity (Wildman–Crippen MR) is 114 cm³/mol. The highest BCUT2D eigenvalue weighted by atomic mass is 16.2. The van der Waals surface area contributed by atoms with Crippen molar-refractivity contribution in [3.05, 3.63) is 36.5 Å². The Bertz CT molecular complexity index is 994. The van der Waals surface area contributed by atoms with Gasteiger partial charge in [0.25, 0.3) is 5.91 Å². The lowest BCUT2D eigenvalue weighted by molar-refractivity contribution is -0.132. The van der Waals surface area contributed by atoms with E-state index in [1.54, 1.807) is 6.20 Å². The number of benzene rings is 1. The van der Waals surface area contributed by atoms with Gasteiger partial charge in [-0.3, -0.25) is 20.0 Å². The predicted octanol–water partition coefficient (Wildman–Crippen LogP) is 1.49. The highest BCUT2D eigenvalue weighted by Gasteiger charge is 2.55. The lowest BCUT2D eigenvalue weighted by Crippen LogP contribution is -2.51. The van der Waals surface area contributed by atoms with Crippen molar-refractivity contribution in [3.8, 4) is 11.3 Å². The summed E-state index contributed by atoms with van der Waals surface area (Å²) in [5.74, 6) is -0.0984. The first-order valence-electron chi connectivity index (χ1n) is 10.8. The molecule has 0 radical (unpaired) electrons. The monoisotopic (exact) mass is 422 g/mol. The van der Waals surface area contributed by atoms with Gasteiger partial charge in [-0.2, -0.15) is 5.10 Å². The van der Waals surface area contributed by atoms with Gasteiger partial charge in [-0.05, 0) is 43.4 Å². The first kappa shape index (κ1) is 19.6. The maximum atomic E-state index is 12.8. The standard InChI is InChI=1S/C22H26N6O3/c29-19(6-8-22(16-4-5-16)20(30)24-21(31)25-22)28-12-10-27(11-13-28)17-3-1-2-15(14-17)18-7-9-23-26-18/h1-3,7,9,14,16H,4-6,8,10-13H2,(H,23,26)(H2,24,25,30,31). The van der Waals surface area contributed by atoms with Crippen molar-refractivity contribution in [2.75, 3.05) is 31.1 Å². The molecule has 5 rings (SSSR count). The summed E-state index contributed by atoms with van der Waals surface area (Å²) in [6.45, 7) is 2.78. The molecule has 1 atom stereocenters. The molecule has 1 aliphatic carbocycles. The van der Waals surface area contributed by atoms with E-state index in [0.29, 0.717) is 19.5 Å². The number of imide groups is 1. The number of hydrogen-bond donors (Lipinski definition) is 3.